The second-order valence-electron chi connectivity index (χ2n) is 6.27. The molecule has 0 radical (unpaired) electrons. The number of benzene rings is 1. The van der Waals surface area contributed by atoms with E-state index in [4.69, 9.17) is 0 Å². The highest BCUT2D eigenvalue weighted by molar-refractivity contribution is 7.99. The summed E-state index contributed by atoms with van der Waals surface area (Å²) in [5.74, 6) is -0.242. The summed E-state index contributed by atoms with van der Waals surface area (Å²) in [5, 5.41) is 7.76. The maximum absolute atomic E-state index is 12.1. The van der Waals surface area contributed by atoms with Crippen molar-refractivity contribution >= 4 is 35.0 Å². The molecular formula is C20H22N4O2S2. The van der Waals surface area contributed by atoms with Gasteiger partial charge >= 0.3 is 6.03 Å². The first-order valence-electron chi connectivity index (χ1n) is 8.87. The van der Waals surface area contributed by atoms with Crippen LogP contribution in [0.25, 0.3) is 5.69 Å². The average Bonchev–Trinajstić information content (AvgIpc) is 3.34. The molecule has 146 valence electrons. The number of hydrogen-bond acceptors (Lipinski definition) is 5. The van der Waals surface area contributed by atoms with Crippen LogP contribution in [0.1, 0.15) is 16.0 Å². The Balaban J connectivity index is 1.47. The zero-order valence-corrected chi connectivity index (χ0v) is 17.4. The third kappa shape index (κ3) is 5.46. The molecule has 3 amide bonds. The number of thiophene rings is 1. The van der Waals surface area contributed by atoms with Crippen LogP contribution in [0.15, 0.2) is 53.3 Å². The number of nitrogens with zero attached hydrogens (tertiary/aromatic N) is 2. The molecule has 6 nitrogen and oxygen atoms in total. The average molecular weight is 415 g/mol. The Labute approximate surface area is 172 Å². The van der Waals surface area contributed by atoms with E-state index in [-0.39, 0.29) is 11.7 Å². The quantitative estimate of drug-likeness (QED) is 0.578. The van der Waals surface area contributed by atoms with Crippen LogP contribution in [-0.2, 0) is 11.2 Å². The molecule has 0 aliphatic heterocycles. The number of urea groups is 1. The first kappa shape index (κ1) is 20.2. The highest BCUT2D eigenvalue weighted by atomic mass is 32.2. The van der Waals surface area contributed by atoms with Gasteiger partial charge in [0.05, 0.1) is 5.75 Å². The first-order chi connectivity index (χ1) is 13.5. The smallest absolute Gasteiger partial charge is 0.321 e. The van der Waals surface area contributed by atoms with Crippen LogP contribution >= 0.6 is 23.1 Å². The van der Waals surface area contributed by atoms with Gasteiger partial charge in [0.25, 0.3) is 0 Å². The Morgan fingerprint density at radius 1 is 1.21 bits per heavy atom. The topological polar surface area (TPSA) is 76.0 Å². The normalized spacial score (nSPS) is 10.6. The number of aryl methyl sites for hydroxylation is 2. The summed E-state index contributed by atoms with van der Waals surface area (Å²) in [4.78, 5) is 29.4. The molecule has 2 aromatic heterocycles. The molecule has 0 saturated carbocycles. The lowest BCUT2D eigenvalue weighted by atomic mass is 10.1. The second-order valence-corrected chi connectivity index (χ2v) is 8.25. The van der Waals surface area contributed by atoms with Crippen molar-refractivity contribution in [3.05, 3.63) is 64.1 Å². The zero-order valence-electron chi connectivity index (χ0n) is 15.8. The van der Waals surface area contributed by atoms with Crippen LogP contribution in [0.3, 0.4) is 0 Å². The van der Waals surface area contributed by atoms with Gasteiger partial charge in [0.1, 0.15) is 0 Å². The molecule has 3 aromatic rings. The fraction of sp³-hybridized carbons (Fsp3) is 0.250. The molecule has 8 heteroatoms. The van der Waals surface area contributed by atoms with Crippen molar-refractivity contribution in [2.24, 2.45) is 0 Å². The summed E-state index contributed by atoms with van der Waals surface area (Å²) in [6.07, 6.45) is 4.32. The fourth-order valence-electron chi connectivity index (χ4n) is 2.56. The Hall–Kier alpha value is -2.58. The predicted octanol–water partition coefficient (Wildman–Crippen LogP) is 3.71. The van der Waals surface area contributed by atoms with Gasteiger partial charge in [0.15, 0.2) is 5.16 Å². The molecule has 0 fully saturated rings. The van der Waals surface area contributed by atoms with Crippen molar-refractivity contribution in [3.63, 3.8) is 0 Å². The molecule has 3 rings (SSSR count). The van der Waals surface area contributed by atoms with Gasteiger partial charge in [-0.15, -0.1) is 11.3 Å². The number of carbonyl (C=O) groups excluding carboxylic acids is 2. The molecule has 0 saturated heterocycles. The first-order valence-corrected chi connectivity index (χ1v) is 10.7. The van der Waals surface area contributed by atoms with E-state index < -0.39 is 6.03 Å². The van der Waals surface area contributed by atoms with Crippen LogP contribution in [0, 0.1) is 13.8 Å². The number of carbonyl (C=O) groups is 2. The summed E-state index contributed by atoms with van der Waals surface area (Å²) < 4.78 is 1.94. The Bertz CT molecular complexity index is 951. The molecule has 0 aliphatic carbocycles. The van der Waals surface area contributed by atoms with Gasteiger partial charge in [-0.25, -0.2) is 9.78 Å². The van der Waals surface area contributed by atoms with Crippen LogP contribution in [0.5, 0.6) is 0 Å². The van der Waals surface area contributed by atoms with Crippen LogP contribution in [0.2, 0.25) is 0 Å². The molecule has 2 N–H and O–H groups in total. The summed E-state index contributed by atoms with van der Waals surface area (Å²) in [5.41, 5.74) is 3.41. The van der Waals surface area contributed by atoms with E-state index in [1.807, 2.05) is 34.3 Å². The second kappa shape index (κ2) is 9.57. The highest BCUT2D eigenvalue weighted by Gasteiger charge is 2.12. The van der Waals surface area contributed by atoms with Gasteiger partial charge in [0.2, 0.25) is 5.91 Å². The molecule has 2 heterocycles. The number of imide groups is 1. The van der Waals surface area contributed by atoms with Crippen molar-refractivity contribution in [2.45, 2.75) is 25.4 Å². The Morgan fingerprint density at radius 2 is 2.07 bits per heavy atom. The number of hydrogen-bond donors (Lipinski definition) is 2. The third-order valence-electron chi connectivity index (χ3n) is 4.20. The molecule has 0 unspecified atom stereocenters. The van der Waals surface area contributed by atoms with Crippen molar-refractivity contribution in [1.29, 1.82) is 0 Å². The molecule has 0 atom stereocenters. The van der Waals surface area contributed by atoms with Crippen molar-refractivity contribution in [2.75, 3.05) is 12.3 Å². The number of imidazole rings is 1. The van der Waals surface area contributed by atoms with Crippen molar-refractivity contribution in [1.82, 2.24) is 20.2 Å². The Morgan fingerprint density at radius 3 is 2.82 bits per heavy atom. The van der Waals surface area contributed by atoms with Gasteiger partial charge in [0, 0.05) is 29.5 Å². The summed E-state index contributed by atoms with van der Waals surface area (Å²) in [7, 11) is 0. The molecule has 0 aliphatic rings. The molecule has 0 spiro atoms. The van der Waals surface area contributed by atoms with E-state index in [1.165, 1.54) is 27.8 Å². The number of rotatable bonds is 7. The van der Waals surface area contributed by atoms with E-state index in [9.17, 15) is 9.59 Å². The minimum absolute atomic E-state index is 0.111. The Kier molecular flexibility index (Phi) is 6.89. The van der Waals surface area contributed by atoms with Crippen molar-refractivity contribution in [3.8, 4) is 5.69 Å². The predicted molar refractivity (Wildman–Crippen MR) is 113 cm³/mol. The summed E-state index contributed by atoms with van der Waals surface area (Å²) in [6, 6.07) is 9.69. The summed E-state index contributed by atoms with van der Waals surface area (Å²) in [6.45, 7) is 4.62. The van der Waals surface area contributed by atoms with Crippen LogP contribution < -0.4 is 10.6 Å². The zero-order chi connectivity index (χ0) is 19.9. The number of nitrogens with one attached hydrogen (secondary N) is 2. The van der Waals surface area contributed by atoms with E-state index in [0.717, 1.165) is 12.1 Å². The SMILES string of the molecule is Cc1ccc(-n2ccnc2SCC(=O)NC(=O)NCCc2cccs2)cc1C. The number of thioether (sulfide) groups is 1. The lowest BCUT2D eigenvalue weighted by molar-refractivity contribution is -0.117. The lowest BCUT2D eigenvalue weighted by Gasteiger charge is -2.10. The maximum Gasteiger partial charge on any atom is 0.321 e. The van der Waals surface area contributed by atoms with Gasteiger partial charge < -0.3 is 5.32 Å². The maximum atomic E-state index is 12.1. The fourth-order valence-corrected chi connectivity index (χ4v) is 4.04. The lowest BCUT2D eigenvalue weighted by Crippen LogP contribution is -2.41. The largest absolute Gasteiger partial charge is 0.337 e. The van der Waals surface area contributed by atoms with E-state index in [0.29, 0.717) is 11.7 Å². The minimum Gasteiger partial charge on any atom is -0.337 e. The minimum atomic E-state index is -0.473. The molecule has 1 aromatic carbocycles. The van der Waals surface area contributed by atoms with E-state index in [1.54, 1.807) is 17.5 Å². The highest BCUT2D eigenvalue weighted by Crippen LogP contribution is 2.22. The number of amides is 3. The molecule has 0 bridgehead atoms. The van der Waals surface area contributed by atoms with Gasteiger partial charge in [-0.05, 0) is 55.0 Å². The monoisotopic (exact) mass is 414 g/mol. The summed E-state index contributed by atoms with van der Waals surface area (Å²) >= 11 is 2.94. The standard InChI is InChI=1S/C20H22N4O2S2/c1-14-5-6-16(12-15(14)2)24-10-9-22-20(24)28-13-18(25)23-19(26)21-8-7-17-4-3-11-27-17/h3-6,9-12H,7-8,13H2,1-2H3,(H2,21,23,25,26). The van der Waals surface area contributed by atoms with Gasteiger partial charge in [-0.3, -0.25) is 14.7 Å². The van der Waals surface area contributed by atoms with E-state index in [2.05, 4.69) is 41.6 Å². The van der Waals surface area contributed by atoms with E-state index >= 15 is 0 Å². The van der Waals surface area contributed by atoms with Gasteiger partial charge in [-0.1, -0.05) is 23.9 Å². The van der Waals surface area contributed by atoms with Crippen molar-refractivity contribution < 1.29 is 9.59 Å². The third-order valence-corrected chi connectivity index (χ3v) is 6.10. The number of aromatic nitrogens is 2. The van der Waals surface area contributed by atoms with Gasteiger partial charge in [-0.2, -0.15) is 0 Å². The van der Waals surface area contributed by atoms with Crippen LogP contribution in [0.4, 0.5) is 4.79 Å². The molecule has 28 heavy (non-hydrogen) atoms. The van der Waals surface area contributed by atoms with Crippen LogP contribution in [-0.4, -0.2) is 33.8 Å². The molecular weight excluding hydrogens is 392 g/mol.